The van der Waals surface area contributed by atoms with Crippen LogP contribution in [0.25, 0.3) is 11.1 Å². The molecule has 2 aromatic rings. The maximum Gasteiger partial charge on any atom is 0.0254 e. The molecule has 2 aromatic carbocycles. The summed E-state index contributed by atoms with van der Waals surface area (Å²) in [6.45, 7) is 0. The van der Waals surface area contributed by atoms with Gasteiger partial charge >= 0.3 is 0 Å². The van der Waals surface area contributed by atoms with Gasteiger partial charge in [-0.05, 0) is 29.3 Å². The SMILES string of the molecule is Brc1[c]cc(-c2ccccc2)cc1. The van der Waals surface area contributed by atoms with Crippen LogP contribution in [0.3, 0.4) is 0 Å². The van der Waals surface area contributed by atoms with Crippen molar-refractivity contribution in [3.05, 3.63) is 59.1 Å². The summed E-state index contributed by atoms with van der Waals surface area (Å²) in [6, 6.07) is 19.5. The van der Waals surface area contributed by atoms with Crippen molar-refractivity contribution in [1.29, 1.82) is 0 Å². The first kappa shape index (κ1) is 8.52. The van der Waals surface area contributed by atoms with E-state index in [1.165, 1.54) is 11.1 Å². The molecule has 13 heavy (non-hydrogen) atoms. The second kappa shape index (κ2) is 3.75. The van der Waals surface area contributed by atoms with Crippen molar-refractivity contribution in [3.63, 3.8) is 0 Å². The van der Waals surface area contributed by atoms with Gasteiger partial charge in [-0.2, -0.15) is 0 Å². The van der Waals surface area contributed by atoms with Crippen LogP contribution >= 0.6 is 15.9 Å². The van der Waals surface area contributed by atoms with Gasteiger partial charge in [0.1, 0.15) is 0 Å². The van der Waals surface area contributed by atoms with Gasteiger partial charge in [0, 0.05) is 4.47 Å². The van der Waals surface area contributed by atoms with Crippen molar-refractivity contribution >= 4 is 15.9 Å². The number of hydrogen-bond donors (Lipinski definition) is 0. The molecule has 0 saturated heterocycles. The van der Waals surface area contributed by atoms with Crippen LogP contribution in [0.5, 0.6) is 0 Å². The molecule has 0 N–H and O–H groups in total. The van der Waals surface area contributed by atoms with Gasteiger partial charge in [0.25, 0.3) is 0 Å². The third-order valence-corrected chi connectivity index (χ3v) is 2.38. The molecule has 63 valence electrons. The van der Waals surface area contributed by atoms with Gasteiger partial charge in [-0.25, -0.2) is 0 Å². The van der Waals surface area contributed by atoms with E-state index in [9.17, 15) is 0 Å². The largest absolute Gasteiger partial charge is 0.0622 e. The summed E-state index contributed by atoms with van der Waals surface area (Å²) in [5.41, 5.74) is 2.43. The van der Waals surface area contributed by atoms with Crippen LogP contribution < -0.4 is 0 Å². The Balaban J connectivity index is 2.42. The summed E-state index contributed by atoms with van der Waals surface area (Å²) in [4.78, 5) is 0. The Labute approximate surface area is 86.4 Å². The minimum atomic E-state index is 0.993. The smallest absolute Gasteiger partial charge is 0.0254 e. The van der Waals surface area contributed by atoms with Crippen LogP contribution in [0.2, 0.25) is 0 Å². The highest BCUT2D eigenvalue weighted by Crippen LogP contribution is 2.20. The molecule has 0 heterocycles. The molecule has 0 saturated carbocycles. The van der Waals surface area contributed by atoms with Gasteiger partial charge in [0.05, 0.1) is 0 Å². The molecule has 0 unspecified atom stereocenters. The Kier molecular flexibility index (Phi) is 2.46. The van der Waals surface area contributed by atoms with E-state index >= 15 is 0 Å². The molecule has 0 bridgehead atoms. The lowest BCUT2D eigenvalue weighted by Gasteiger charge is -1.99. The summed E-state index contributed by atoms with van der Waals surface area (Å²) >= 11 is 3.36. The van der Waals surface area contributed by atoms with Crippen molar-refractivity contribution in [2.24, 2.45) is 0 Å². The second-order valence-electron chi connectivity index (χ2n) is 2.79. The zero-order valence-corrected chi connectivity index (χ0v) is 8.58. The number of hydrogen-bond acceptors (Lipinski definition) is 0. The normalized spacial score (nSPS) is 9.92. The number of benzene rings is 2. The van der Waals surface area contributed by atoms with Gasteiger partial charge in [0.15, 0.2) is 0 Å². The first-order valence-corrected chi connectivity index (χ1v) is 4.88. The molecule has 0 aliphatic rings. The lowest BCUT2D eigenvalue weighted by Crippen LogP contribution is -1.75. The Hall–Kier alpha value is -1.08. The van der Waals surface area contributed by atoms with Crippen LogP contribution in [-0.2, 0) is 0 Å². The second-order valence-corrected chi connectivity index (χ2v) is 3.65. The molecule has 0 fully saturated rings. The van der Waals surface area contributed by atoms with E-state index in [-0.39, 0.29) is 0 Å². The average Bonchev–Trinajstić information content (AvgIpc) is 2.20. The summed E-state index contributed by atoms with van der Waals surface area (Å²) in [7, 11) is 0. The Morgan fingerprint density at radius 1 is 0.846 bits per heavy atom. The first-order valence-electron chi connectivity index (χ1n) is 4.09. The molecular formula is C12H8Br. The predicted octanol–water partition coefficient (Wildman–Crippen LogP) is 3.92. The highest BCUT2D eigenvalue weighted by atomic mass is 79.9. The van der Waals surface area contributed by atoms with Crippen LogP contribution in [0.15, 0.2) is 53.0 Å². The fourth-order valence-electron chi connectivity index (χ4n) is 1.22. The zero-order valence-electron chi connectivity index (χ0n) is 7.00. The van der Waals surface area contributed by atoms with Crippen LogP contribution in [-0.4, -0.2) is 0 Å². The van der Waals surface area contributed by atoms with E-state index in [1.807, 2.05) is 30.3 Å². The molecule has 0 aliphatic heterocycles. The van der Waals surface area contributed by atoms with E-state index in [4.69, 9.17) is 0 Å². The fraction of sp³-hybridized carbons (Fsp3) is 0. The molecule has 0 atom stereocenters. The number of rotatable bonds is 1. The molecule has 1 radical (unpaired) electrons. The lowest BCUT2D eigenvalue weighted by molar-refractivity contribution is 1.58. The molecule has 0 aliphatic carbocycles. The summed E-state index contributed by atoms with van der Waals surface area (Å²) in [5.74, 6) is 0. The summed E-state index contributed by atoms with van der Waals surface area (Å²) in [6.07, 6.45) is 0. The van der Waals surface area contributed by atoms with Crippen LogP contribution in [0, 0.1) is 6.07 Å². The predicted molar refractivity (Wildman–Crippen MR) is 58.4 cm³/mol. The zero-order chi connectivity index (χ0) is 9.10. The average molecular weight is 232 g/mol. The van der Waals surface area contributed by atoms with Crippen molar-refractivity contribution in [1.82, 2.24) is 0 Å². The molecule has 0 amide bonds. The van der Waals surface area contributed by atoms with Crippen molar-refractivity contribution in [3.8, 4) is 11.1 Å². The fourth-order valence-corrected chi connectivity index (χ4v) is 1.46. The van der Waals surface area contributed by atoms with Gasteiger partial charge in [-0.1, -0.05) is 52.3 Å². The maximum absolute atomic E-state index is 3.36. The third-order valence-electron chi connectivity index (χ3n) is 1.88. The van der Waals surface area contributed by atoms with E-state index in [1.54, 1.807) is 0 Å². The number of halogens is 1. The van der Waals surface area contributed by atoms with Gasteiger partial charge in [0.2, 0.25) is 0 Å². The Morgan fingerprint density at radius 2 is 1.62 bits per heavy atom. The van der Waals surface area contributed by atoms with Crippen molar-refractivity contribution in [2.45, 2.75) is 0 Å². The van der Waals surface area contributed by atoms with Gasteiger partial charge < -0.3 is 0 Å². The highest BCUT2D eigenvalue weighted by Gasteiger charge is 1.94. The minimum Gasteiger partial charge on any atom is -0.0622 e. The Bertz CT molecular complexity index is 376. The van der Waals surface area contributed by atoms with E-state index in [0.717, 1.165) is 4.47 Å². The van der Waals surface area contributed by atoms with Crippen molar-refractivity contribution < 1.29 is 0 Å². The Morgan fingerprint density at radius 3 is 2.23 bits per heavy atom. The highest BCUT2D eigenvalue weighted by molar-refractivity contribution is 9.10. The van der Waals surface area contributed by atoms with Crippen LogP contribution in [0.4, 0.5) is 0 Å². The molecule has 2 rings (SSSR count). The van der Waals surface area contributed by atoms with Gasteiger partial charge in [-0.15, -0.1) is 0 Å². The monoisotopic (exact) mass is 231 g/mol. The summed E-state index contributed by atoms with van der Waals surface area (Å²) in [5, 5.41) is 0. The molecule has 1 heteroatoms. The first-order chi connectivity index (χ1) is 6.36. The molecular weight excluding hydrogens is 224 g/mol. The van der Waals surface area contributed by atoms with Crippen molar-refractivity contribution in [2.75, 3.05) is 0 Å². The van der Waals surface area contributed by atoms with Crippen LogP contribution in [0.1, 0.15) is 0 Å². The standard InChI is InChI=1S/C12H8Br/c13-12-8-6-11(7-9-12)10-4-2-1-3-5-10/h1-8H. The summed E-state index contributed by atoms with van der Waals surface area (Å²) < 4.78 is 0.993. The minimum absolute atomic E-state index is 0.993. The van der Waals surface area contributed by atoms with E-state index in [2.05, 4.69) is 40.2 Å². The topological polar surface area (TPSA) is 0 Å². The third kappa shape index (κ3) is 1.99. The van der Waals surface area contributed by atoms with E-state index in [0.29, 0.717) is 0 Å². The maximum atomic E-state index is 3.36. The van der Waals surface area contributed by atoms with Gasteiger partial charge in [-0.3, -0.25) is 0 Å². The molecule has 0 aromatic heterocycles. The lowest BCUT2D eigenvalue weighted by atomic mass is 10.1. The van der Waals surface area contributed by atoms with E-state index < -0.39 is 0 Å². The molecule has 0 spiro atoms. The quantitative estimate of drug-likeness (QED) is 0.699. The molecule has 0 nitrogen and oxygen atoms in total.